The third-order valence-electron chi connectivity index (χ3n) is 2.79. The number of carbonyl (C=O) groups is 2. The van der Waals surface area contributed by atoms with Crippen LogP contribution in [0, 0.1) is 0 Å². The maximum absolute atomic E-state index is 11.9. The van der Waals surface area contributed by atoms with Crippen LogP contribution in [-0.4, -0.2) is 45.1 Å². The number of carboxylic acids is 1. The van der Waals surface area contributed by atoms with Gasteiger partial charge in [0.05, 0.1) is 0 Å². The van der Waals surface area contributed by atoms with Crippen molar-refractivity contribution in [3.8, 4) is 0 Å². The molecule has 3 atom stereocenters. The van der Waals surface area contributed by atoms with Crippen molar-refractivity contribution in [2.75, 3.05) is 0 Å². The van der Waals surface area contributed by atoms with Gasteiger partial charge in [0, 0.05) is 5.71 Å². The van der Waals surface area contributed by atoms with Gasteiger partial charge in [0.25, 0.3) is 5.91 Å². The highest BCUT2D eigenvalue weighted by molar-refractivity contribution is 8.93. The summed E-state index contributed by atoms with van der Waals surface area (Å²) >= 11 is 1.47. The van der Waals surface area contributed by atoms with Crippen molar-refractivity contribution < 1.29 is 14.7 Å². The first-order valence-electron chi connectivity index (χ1n) is 5.31. The van der Waals surface area contributed by atoms with E-state index in [1.54, 1.807) is 6.92 Å². The van der Waals surface area contributed by atoms with E-state index in [-0.39, 0.29) is 28.3 Å². The number of hydrogen-bond acceptors (Lipinski definition) is 4. The van der Waals surface area contributed by atoms with Crippen molar-refractivity contribution in [2.24, 2.45) is 4.99 Å². The summed E-state index contributed by atoms with van der Waals surface area (Å²) in [7, 11) is 0. The number of carbonyl (C=O) groups excluding carboxylic acids is 1. The van der Waals surface area contributed by atoms with Gasteiger partial charge >= 0.3 is 5.97 Å². The van der Waals surface area contributed by atoms with Crippen molar-refractivity contribution in [2.45, 2.75) is 38.2 Å². The summed E-state index contributed by atoms with van der Waals surface area (Å²) in [6.45, 7) is 5.40. The molecule has 1 N–H and O–H groups in total. The predicted octanol–water partition coefficient (Wildman–Crippen LogP) is 1.69. The largest absolute Gasteiger partial charge is 0.479 e. The number of aliphatic imine (C=N–C) groups is 1. The van der Waals surface area contributed by atoms with E-state index in [0.29, 0.717) is 5.57 Å². The van der Waals surface area contributed by atoms with Gasteiger partial charge in [-0.2, -0.15) is 0 Å². The number of fused-ring (bicyclic) bond motifs is 1. The molecular formula is C11H15BrN2O3S. The number of hydrogen-bond donors (Lipinski definition) is 1. The van der Waals surface area contributed by atoms with Gasteiger partial charge in [-0.15, -0.1) is 28.7 Å². The molecule has 1 fully saturated rings. The molecule has 0 aromatic rings. The first-order valence-corrected chi connectivity index (χ1v) is 6.26. The molecule has 0 spiro atoms. The molecule has 1 amide bonds. The fraction of sp³-hybridized carbons (Fsp3) is 0.545. The lowest BCUT2D eigenvalue weighted by atomic mass is 9.99. The van der Waals surface area contributed by atoms with Crippen LogP contribution in [0.5, 0.6) is 0 Å². The SMILES string of the molecule is Br.CC1=CS[C@H]2C(N=C(C)C)C(=O)N2C1C(=O)O. The second-order valence-corrected chi connectivity index (χ2v) is 5.39. The highest BCUT2D eigenvalue weighted by Crippen LogP contribution is 2.41. The molecule has 0 aromatic carbocycles. The van der Waals surface area contributed by atoms with Crippen LogP contribution < -0.4 is 0 Å². The Morgan fingerprint density at radius 3 is 2.61 bits per heavy atom. The van der Waals surface area contributed by atoms with Gasteiger partial charge < -0.3 is 10.0 Å². The third-order valence-corrected chi connectivity index (χ3v) is 4.06. The van der Waals surface area contributed by atoms with Crippen LogP contribution in [0.25, 0.3) is 0 Å². The van der Waals surface area contributed by atoms with Crippen molar-refractivity contribution >= 4 is 46.3 Å². The molecule has 1 saturated heterocycles. The van der Waals surface area contributed by atoms with Gasteiger partial charge in [0.2, 0.25) is 0 Å². The first kappa shape index (κ1) is 15.2. The number of β-lactam (4-membered cyclic amide) rings is 1. The number of rotatable bonds is 2. The third kappa shape index (κ3) is 2.33. The van der Waals surface area contributed by atoms with E-state index in [4.69, 9.17) is 5.11 Å². The summed E-state index contributed by atoms with van der Waals surface area (Å²) in [6, 6.07) is -1.24. The van der Waals surface area contributed by atoms with E-state index in [9.17, 15) is 9.59 Å². The minimum Gasteiger partial charge on any atom is -0.479 e. The maximum atomic E-state index is 11.9. The van der Waals surface area contributed by atoms with Gasteiger partial charge in [0.15, 0.2) is 12.1 Å². The summed E-state index contributed by atoms with van der Waals surface area (Å²) in [5.74, 6) is -1.17. The summed E-state index contributed by atoms with van der Waals surface area (Å²) in [6.07, 6.45) is 0. The zero-order chi connectivity index (χ0) is 12.7. The zero-order valence-electron chi connectivity index (χ0n) is 10.3. The lowest BCUT2D eigenvalue weighted by Gasteiger charge is -2.49. The van der Waals surface area contributed by atoms with E-state index in [1.807, 2.05) is 19.3 Å². The molecule has 2 aliphatic rings. The second-order valence-electron chi connectivity index (χ2n) is 4.40. The highest BCUT2D eigenvalue weighted by atomic mass is 79.9. The fourth-order valence-electron chi connectivity index (χ4n) is 2.06. The number of carboxylic acid groups (broad SMARTS) is 1. The Bertz CT molecular complexity index is 446. The van der Waals surface area contributed by atoms with Crippen LogP contribution in [0.15, 0.2) is 16.0 Å². The van der Waals surface area contributed by atoms with Crippen LogP contribution in [0.4, 0.5) is 0 Å². The number of nitrogens with zero attached hydrogens (tertiary/aromatic N) is 2. The minimum absolute atomic E-state index is 0. The van der Waals surface area contributed by atoms with Crippen LogP contribution in [0.1, 0.15) is 20.8 Å². The Balaban J connectivity index is 0.00000162. The minimum atomic E-state index is -0.979. The Kier molecular flexibility index (Phi) is 4.61. The van der Waals surface area contributed by atoms with Crippen molar-refractivity contribution in [3.05, 3.63) is 11.0 Å². The molecule has 0 saturated carbocycles. The summed E-state index contributed by atoms with van der Waals surface area (Å²) in [4.78, 5) is 28.7. The molecule has 2 heterocycles. The van der Waals surface area contributed by atoms with Crippen molar-refractivity contribution in [1.29, 1.82) is 0 Å². The molecule has 2 unspecified atom stereocenters. The molecular weight excluding hydrogens is 320 g/mol. The van der Waals surface area contributed by atoms with Crippen LogP contribution in [0.3, 0.4) is 0 Å². The lowest BCUT2D eigenvalue weighted by Crippen LogP contribution is -2.68. The molecule has 5 nitrogen and oxygen atoms in total. The Morgan fingerprint density at radius 2 is 2.11 bits per heavy atom. The highest BCUT2D eigenvalue weighted by Gasteiger charge is 2.54. The second kappa shape index (κ2) is 5.44. The van der Waals surface area contributed by atoms with Crippen LogP contribution >= 0.6 is 28.7 Å². The topological polar surface area (TPSA) is 70.0 Å². The van der Waals surface area contributed by atoms with E-state index in [2.05, 4.69) is 4.99 Å². The Hall–Kier alpha value is -0.820. The van der Waals surface area contributed by atoms with Gasteiger partial charge in [-0.25, -0.2) is 4.79 Å². The zero-order valence-corrected chi connectivity index (χ0v) is 12.8. The number of amides is 1. The first-order chi connectivity index (χ1) is 7.93. The molecule has 2 aliphatic heterocycles. The molecule has 18 heavy (non-hydrogen) atoms. The number of halogens is 1. The van der Waals surface area contributed by atoms with Gasteiger partial charge in [-0.05, 0) is 31.8 Å². The van der Waals surface area contributed by atoms with E-state index < -0.39 is 18.1 Å². The van der Waals surface area contributed by atoms with Gasteiger partial charge in [-0.3, -0.25) is 9.79 Å². The monoisotopic (exact) mass is 334 g/mol. The van der Waals surface area contributed by atoms with Crippen molar-refractivity contribution in [3.63, 3.8) is 0 Å². The van der Waals surface area contributed by atoms with Crippen LogP contribution in [-0.2, 0) is 9.59 Å². The summed E-state index contributed by atoms with van der Waals surface area (Å²) in [5.41, 5.74) is 1.53. The Morgan fingerprint density at radius 1 is 1.50 bits per heavy atom. The van der Waals surface area contributed by atoms with E-state index >= 15 is 0 Å². The normalized spacial score (nSPS) is 29.5. The average Bonchev–Trinajstić information content (AvgIpc) is 2.24. The van der Waals surface area contributed by atoms with Gasteiger partial charge in [-0.1, -0.05) is 0 Å². The molecule has 100 valence electrons. The average molecular weight is 335 g/mol. The number of aliphatic carboxylic acids is 1. The molecule has 0 aromatic heterocycles. The molecule has 0 bridgehead atoms. The quantitative estimate of drug-likeness (QED) is 0.616. The molecule has 7 heteroatoms. The summed E-state index contributed by atoms with van der Waals surface area (Å²) in [5, 5.41) is 10.8. The molecule has 0 aliphatic carbocycles. The van der Waals surface area contributed by atoms with Crippen LogP contribution in [0.2, 0.25) is 0 Å². The molecule has 2 rings (SSSR count). The van der Waals surface area contributed by atoms with E-state index in [1.165, 1.54) is 16.7 Å². The smallest absolute Gasteiger partial charge is 0.330 e. The lowest BCUT2D eigenvalue weighted by molar-refractivity contribution is -0.157. The van der Waals surface area contributed by atoms with E-state index in [0.717, 1.165) is 5.71 Å². The number of thioether (sulfide) groups is 1. The van der Waals surface area contributed by atoms with Gasteiger partial charge in [0.1, 0.15) is 5.37 Å². The fourth-order valence-corrected chi connectivity index (χ4v) is 3.22. The predicted molar refractivity (Wildman–Crippen MR) is 76.3 cm³/mol. The molecule has 0 radical (unpaired) electrons. The Labute approximate surface area is 120 Å². The van der Waals surface area contributed by atoms with Crippen molar-refractivity contribution in [1.82, 2.24) is 4.90 Å². The summed E-state index contributed by atoms with van der Waals surface area (Å²) < 4.78 is 0. The standard InChI is InChI=1S/C11H14N2O3S.BrH/c1-5(2)12-7-9(14)13-8(11(15)16)6(3)4-17-10(7)13;/h4,7-8,10H,1-3H3,(H,15,16);1H/t7?,8?,10-;/m0./s1. The maximum Gasteiger partial charge on any atom is 0.330 e.